The molecule has 1 amide bonds. The van der Waals surface area contributed by atoms with Gasteiger partial charge in [0.05, 0.1) is 29.0 Å². The maximum absolute atomic E-state index is 15.3. The first-order valence-corrected chi connectivity index (χ1v) is 16.8. The minimum Gasteiger partial charge on any atom is -0.381 e. The van der Waals surface area contributed by atoms with Crippen LogP contribution < -0.4 is 16.4 Å². The summed E-state index contributed by atoms with van der Waals surface area (Å²) in [6.45, 7) is 3.96. The fourth-order valence-corrected chi connectivity index (χ4v) is 8.41. The minimum absolute atomic E-state index is 0.120. The molecule has 12 heteroatoms. The van der Waals surface area contributed by atoms with Crippen LogP contribution in [0.2, 0.25) is 5.02 Å². The smallest absolute Gasteiger partial charge is 0.243 e. The second-order valence-corrected chi connectivity index (χ2v) is 13.8. The first-order valence-electron chi connectivity index (χ1n) is 15.0. The number of benzene rings is 2. The monoisotopic (exact) mass is 643 g/mol. The van der Waals surface area contributed by atoms with E-state index < -0.39 is 33.8 Å². The Bertz CT molecular complexity index is 1520. The van der Waals surface area contributed by atoms with Crippen molar-refractivity contribution in [1.82, 2.24) is 14.6 Å². The SMILES string of the molecule is C[C@@H]1CNC[C@H](CCc2c(F)cncc2NC(=O)[C@@H](N)C(c2ccc(Cl)cc2)C2CCOCC2)N1S(=O)(=O)c1ccccc1. The molecule has 0 saturated carbocycles. The van der Waals surface area contributed by atoms with E-state index in [4.69, 9.17) is 22.1 Å². The van der Waals surface area contributed by atoms with Crippen molar-refractivity contribution >= 4 is 33.2 Å². The summed E-state index contributed by atoms with van der Waals surface area (Å²) in [5, 5.41) is 6.73. The second kappa shape index (κ2) is 14.4. The maximum Gasteiger partial charge on any atom is 0.243 e. The zero-order valence-corrected chi connectivity index (χ0v) is 26.2. The number of pyridine rings is 1. The molecule has 3 aromatic rings. The summed E-state index contributed by atoms with van der Waals surface area (Å²) in [6.07, 6.45) is 4.54. The third-order valence-corrected chi connectivity index (χ3v) is 11.0. The number of halogens is 2. The molecule has 9 nitrogen and oxygen atoms in total. The number of ether oxygens (including phenoxy) is 1. The average Bonchev–Trinajstić information content (AvgIpc) is 3.02. The lowest BCUT2D eigenvalue weighted by Crippen LogP contribution is -2.58. The molecule has 2 fully saturated rings. The molecule has 2 aliphatic rings. The Morgan fingerprint density at radius 1 is 1.14 bits per heavy atom. The molecule has 3 heterocycles. The van der Waals surface area contributed by atoms with Gasteiger partial charge in [-0.25, -0.2) is 12.8 Å². The molecule has 4 N–H and O–H groups in total. The van der Waals surface area contributed by atoms with E-state index in [9.17, 15) is 13.2 Å². The number of sulfonamides is 1. The van der Waals surface area contributed by atoms with E-state index in [-0.39, 0.29) is 40.4 Å². The highest BCUT2D eigenvalue weighted by molar-refractivity contribution is 7.89. The van der Waals surface area contributed by atoms with Crippen LogP contribution in [0.5, 0.6) is 0 Å². The molecule has 0 radical (unpaired) electrons. The quantitative estimate of drug-likeness (QED) is 0.300. The summed E-state index contributed by atoms with van der Waals surface area (Å²) < 4.78 is 49.6. The Hall–Kier alpha value is -2.93. The Balaban J connectivity index is 1.35. The number of rotatable bonds is 10. The Morgan fingerprint density at radius 2 is 1.84 bits per heavy atom. The number of amides is 1. The molecule has 0 bridgehead atoms. The summed E-state index contributed by atoms with van der Waals surface area (Å²) in [5.74, 6) is -1.21. The molecule has 0 aliphatic carbocycles. The second-order valence-electron chi connectivity index (χ2n) is 11.5. The molecule has 44 heavy (non-hydrogen) atoms. The third kappa shape index (κ3) is 7.30. The molecule has 4 atom stereocenters. The van der Waals surface area contributed by atoms with Crippen molar-refractivity contribution < 1.29 is 22.3 Å². The number of nitrogens with two attached hydrogens (primary N) is 1. The first-order chi connectivity index (χ1) is 21.2. The molecule has 2 aromatic carbocycles. The van der Waals surface area contributed by atoms with E-state index in [1.807, 2.05) is 19.1 Å². The van der Waals surface area contributed by atoms with Gasteiger partial charge in [0.15, 0.2) is 0 Å². The van der Waals surface area contributed by atoms with Crippen LogP contribution in [-0.4, -0.2) is 68.0 Å². The van der Waals surface area contributed by atoms with E-state index in [2.05, 4.69) is 15.6 Å². The number of piperazine rings is 1. The van der Waals surface area contributed by atoms with E-state index in [0.29, 0.717) is 37.7 Å². The predicted octanol–water partition coefficient (Wildman–Crippen LogP) is 4.33. The van der Waals surface area contributed by atoms with Crippen molar-refractivity contribution in [3.8, 4) is 0 Å². The lowest BCUT2D eigenvalue weighted by atomic mass is 9.76. The fourth-order valence-electron chi connectivity index (χ4n) is 6.42. The lowest BCUT2D eigenvalue weighted by molar-refractivity contribution is -0.118. The maximum atomic E-state index is 15.3. The van der Waals surface area contributed by atoms with Gasteiger partial charge < -0.3 is 21.1 Å². The van der Waals surface area contributed by atoms with Crippen LogP contribution in [0, 0.1) is 11.7 Å². The number of hydrogen-bond donors (Lipinski definition) is 3. The van der Waals surface area contributed by atoms with Crippen LogP contribution in [0.3, 0.4) is 0 Å². The molecular weight excluding hydrogens is 605 g/mol. The van der Waals surface area contributed by atoms with E-state index in [1.54, 1.807) is 42.5 Å². The van der Waals surface area contributed by atoms with Crippen LogP contribution in [0.15, 0.2) is 71.9 Å². The summed E-state index contributed by atoms with van der Waals surface area (Å²) in [6, 6.07) is 14.0. The Morgan fingerprint density at radius 3 is 2.55 bits per heavy atom. The van der Waals surface area contributed by atoms with Crippen LogP contribution in [0.4, 0.5) is 10.1 Å². The molecule has 2 aliphatic heterocycles. The first kappa shape index (κ1) is 32.5. The number of hydrogen-bond acceptors (Lipinski definition) is 7. The van der Waals surface area contributed by atoms with Crippen LogP contribution in [0.1, 0.15) is 43.2 Å². The van der Waals surface area contributed by atoms with Crippen LogP contribution >= 0.6 is 11.6 Å². The number of nitrogens with zero attached hydrogens (tertiary/aromatic N) is 2. The number of nitrogens with one attached hydrogen (secondary N) is 2. The molecular formula is C32H39ClFN5O4S. The summed E-state index contributed by atoms with van der Waals surface area (Å²) in [7, 11) is -3.78. The van der Waals surface area contributed by atoms with Gasteiger partial charge in [-0.1, -0.05) is 41.9 Å². The van der Waals surface area contributed by atoms with Gasteiger partial charge in [-0.3, -0.25) is 9.78 Å². The normalized spacial score (nSPS) is 21.5. The minimum atomic E-state index is -3.78. The zero-order chi connectivity index (χ0) is 31.3. The van der Waals surface area contributed by atoms with E-state index in [0.717, 1.165) is 24.6 Å². The van der Waals surface area contributed by atoms with Gasteiger partial charge in [0, 0.05) is 54.9 Å². The highest BCUT2D eigenvalue weighted by atomic mass is 35.5. The van der Waals surface area contributed by atoms with Crippen molar-refractivity contribution in [1.29, 1.82) is 0 Å². The number of anilines is 1. The van der Waals surface area contributed by atoms with Crippen LogP contribution in [-0.2, 0) is 26.0 Å². The standard InChI is InChI=1S/C32H39ClFN5O4S/c1-21-17-36-18-25(39(21)44(41,42)26-5-3-2-4-6-26)11-12-27-28(34)19-37-20-29(27)38-32(40)31(35)30(23-13-15-43-16-14-23)22-7-9-24(33)10-8-22/h2-10,19-21,23,25,30-31,36H,11-18,35H2,1H3,(H,38,40)/t21-,25+,30?,31+/m1/s1. The topological polar surface area (TPSA) is 127 Å². The van der Waals surface area contributed by atoms with Crippen molar-refractivity contribution in [2.45, 2.75) is 61.5 Å². The number of carbonyl (C=O) groups is 1. The molecule has 1 unspecified atom stereocenters. The number of aromatic nitrogens is 1. The zero-order valence-electron chi connectivity index (χ0n) is 24.7. The molecule has 1 aromatic heterocycles. The third-order valence-electron chi connectivity index (χ3n) is 8.64. The van der Waals surface area contributed by atoms with Gasteiger partial charge in [-0.2, -0.15) is 4.31 Å². The van der Waals surface area contributed by atoms with E-state index >= 15 is 4.39 Å². The predicted molar refractivity (Wildman–Crippen MR) is 168 cm³/mol. The summed E-state index contributed by atoms with van der Waals surface area (Å²) in [4.78, 5) is 17.8. The van der Waals surface area contributed by atoms with Gasteiger partial charge in [0.25, 0.3) is 0 Å². The molecule has 0 spiro atoms. The fraction of sp³-hybridized carbons (Fsp3) is 0.438. The Labute approximate surface area is 263 Å². The lowest BCUT2D eigenvalue weighted by Gasteiger charge is -2.40. The van der Waals surface area contributed by atoms with Crippen LogP contribution in [0.25, 0.3) is 0 Å². The van der Waals surface area contributed by atoms with E-state index in [1.165, 1.54) is 10.5 Å². The van der Waals surface area contributed by atoms with Crippen molar-refractivity contribution in [2.24, 2.45) is 11.7 Å². The van der Waals surface area contributed by atoms with Crippen molar-refractivity contribution in [2.75, 3.05) is 31.6 Å². The van der Waals surface area contributed by atoms with Gasteiger partial charge in [0.1, 0.15) is 5.82 Å². The van der Waals surface area contributed by atoms with Gasteiger partial charge >= 0.3 is 0 Å². The summed E-state index contributed by atoms with van der Waals surface area (Å²) in [5.41, 5.74) is 8.03. The molecule has 5 rings (SSSR count). The highest BCUT2D eigenvalue weighted by Gasteiger charge is 2.38. The average molecular weight is 644 g/mol. The number of carbonyl (C=O) groups excluding carboxylic acids is 1. The highest BCUT2D eigenvalue weighted by Crippen LogP contribution is 2.35. The van der Waals surface area contributed by atoms with Gasteiger partial charge in [-0.15, -0.1) is 0 Å². The van der Waals surface area contributed by atoms with Gasteiger partial charge in [-0.05, 0) is 68.4 Å². The Kier molecular flexibility index (Phi) is 10.7. The van der Waals surface area contributed by atoms with Crippen molar-refractivity contribution in [3.05, 3.63) is 89.0 Å². The summed E-state index contributed by atoms with van der Waals surface area (Å²) >= 11 is 6.13. The largest absolute Gasteiger partial charge is 0.381 e. The van der Waals surface area contributed by atoms with Crippen molar-refractivity contribution in [3.63, 3.8) is 0 Å². The molecule has 236 valence electrons. The molecule has 2 saturated heterocycles. The van der Waals surface area contributed by atoms with Gasteiger partial charge in [0.2, 0.25) is 15.9 Å².